The minimum Gasteiger partial charge on any atom is -0.491 e. The molecule has 0 radical (unpaired) electrons. The zero-order chi connectivity index (χ0) is 13.2. The molecule has 1 fully saturated rings. The van der Waals surface area contributed by atoms with E-state index in [1.54, 1.807) is 0 Å². The zero-order valence-electron chi connectivity index (χ0n) is 12.0. The van der Waals surface area contributed by atoms with Gasteiger partial charge in [0.2, 0.25) is 0 Å². The highest BCUT2D eigenvalue weighted by Gasteiger charge is 2.27. The van der Waals surface area contributed by atoms with E-state index < -0.39 is 0 Å². The van der Waals surface area contributed by atoms with Gasteiger partial charge in [-0.25, -0.2) is 0 Å². The zero-order valence-corrected chi connectivity index (χ0v) is 12.0. The monoisotopic (exact) mass is 260 g/mol. The van der Waals surface area contributed by atoms with Crippen LogP contribution < -0.4 is 15.0 Å². The topological polar surface area (TPSA) is 24.5 Å². The molecule has 1 saturated heterocycles. The standard InChI is InChI=1S/C16H24N2O/c1-12(2)9-13-3-4-16-15(10-13)18-7-6-17-11-14(18)5-8-19-16/h3-4,10,12,14,17H,5-9,11H2,1-2H3/t14-/m0/s1. The van der Waals surface area contributed by atoms with Crippen LogP contribution >= 0.6 is 0 Å². The molecule has 0 unspecified atom stereocenters. The van der Waals surface area contributed by atoms with E-state index in [4.69, 9.17) is 4.74 Å². The molecule has 19 heavy (non-hydrogen) atoms. The molecule has 1 atom stereocenters. The summed E-state index contributed by atoms with van der Waals surface area (Å²) in [6.07, 6.45) is 2.26. The average Bonchev–Trinajstić information content (AvgIpc) is 2.57. The van der Waals surface area contributed by atoms with Crippen molar-refractivity contribution in [3.8, 4) is 5.75 Å². The van der Waals surface area contributed by atoms with Crippen molar-refractivity contribution in [1.29, 1.82) is 0 Å². The van der Waals surface area contributed by atoms with E-state index in [2.05, 4.69) is 42.3 Å². The van der Waals surface area contributed by atoms with Crippen molar-refractivity contribution in [1.82, 2.24) is 5.32 Å². The number of benzene rings is 1. The SMILES string of the molecule is CC(C)Cc1ccc2c(c1)N1CCNC[C@@H]1CCO2. The molecule has 0 aromatic heterocycles. The van der Waals surface area contributed by atoms with Crippen LogP contribution in [0.4, 0.5) is 5.69 Å². The molecule has 2 aliphatic heterocycles. The summed E-state index contributed by atoms with van der Waals surface area (Å²) in [5.74, 6) is 1.76. The van der Waals surface area contributed by atoms with Gasteiger partial charge in [0, 0.05) is 32.1 Å². The lowest BCUT2D eigenvalue weighted by Gasteiger charge is -2.36. The van der Waals surface area contributed by atoms with Crippen LogP contribution in [0.1, 0.15) is 25.8 Å². The second kappa shape index (κ2) is 5.41. The van der Waals surface area contributed by atoms with Crippen LogP contribution in [0.3, 0.4) is 0 Å². The molecule has 3 nitrogen and oxygen atoms in total. The Balaban J connectivity index is 1.93. The number of anilines is 1. The maximum Gasteiger partial charge on any atom is 0.142 e. The van der Waals surface area contributed by atoms with Crippen LogP contribution in [0.2, 0.25) is 0 Å². The number of nitrogens with zero attached hydrogens (tertiary/aromatic N) is 1. The third-order valence-corrected chi connectivity index (χ3v) is 4.04. The van der Waals surface area contributed by atoms with E-state index in [0.717, 1.165) is 44.8 Å². The van der Waals surface area contributed by atoms with E-state index in [1.165, 1.54) is 11.3 Å². The Morgan fingerprint density at radius 2 is 2.32 bits per heavy atom. The number of rotatable bonds is 2. The van der Waals surface area contributed by atoms with Crippen LogP contribution in [0.15, 0.2) is 18.2 Å². The normalized spacial score (nSPS) is 22.5. The molecular formula is C16H24N2O. The summed E-state index contributed by atoms with van der Waals surface area (Å²) in [7, 11) is 0. The van der Waals surface area contributed by atoms with Crippen molar-refractivity contribution >= 4 is 5.69 Å². The first-order valence-electron chi connectivity index (χ1n) is 7.47. The predicted octanol–water partition coefficient (Wildman–Crippen LogP) is 2.45. The molecule has 0 bridgehead atoms. The Bertz CT molecular complexity index is 444. The lowest BCUT2D eigenvalue weighted by Crippen LogP contribution is -2.51. The Morgan fingerprint density at radius 1 is 1.42 bits per heavy atom. The molecule has 0 amide bonds. The second-order valence-corrected chi connectivity index (χ2v) is 6.09. The van der Waals surface area contributed by atoms with Gasteiger partial charge in [0.1, 0.15) is 5.75 Å². The third-order valence-electron chi connectivity index (χ3n) is 4.04. The number of hydrogen-bond donors (Lipinski definition) is 1. The Kier molecular flexibility index (Phi) is 3.65. The number of nitrogens with one attached hydrogen (secondary N) is 1. The first-order chi connectivity index (χ1) is 9.24. The summed E-state index contributed by atoms with van der Waals surface area (Å²) in [5, 5.41) is 3.49. The second-order valence-electron chi connectivity index (χ2n) is 6.09. The highest BCUT2D eigenvalue weighted by Crippen LogP contribution is 2.35. The number of fused-ring (bicyclic) bond motifs is 3. The summed E-state index contributed by atoms with van der Waals surface area (Å²) in [6.45, 7) is 8.62. The van der Waals surface area contributed by atoms with Crippen molar-refractivity contribution in [2.75, 3.05) is 31.1 Å². The largest absolute Gasteiger partial charge is 0.491 e. The molecular weight excluding hydrogens is 236 g/mol. The summed E-state index contributed by atoms with van der Waals surface area (Å²) >= 11 is 0. The molecule has 2 aliphatic rings. The molecule has 2 heterocycles. The van der Waals surface area contributed by atoms with Crippen LogP contribution in [0.5, 0.6) is 5.75 Å². The van der Waals surface area contributed by atoms with Gasteiger partial charge in [-0.1, -0.05) is 19.9 Å². The van der Waals surface area contributed by atoms with Crippen molar-refractivity contribution in [3.05, 3.63) is 23.8 Å². The van der Waals surface area contributed by atoms with Gasteiger partial charge in [-0.2, -0.15) is 0 Å². The highest BCUT2D eigenvalue weighted by atomic mass is 16.5. The predicted molar refractivity (Wildman–Crippen MR) is 79.1 cm³/mol. The first-order valence-corrected chi connectivity index (χ1v) is 7.47. The van der Waals surface area contributed by atoms with Gasteiger partial charge in [-0.05, 0) is 30.0 Å². The molecule has 3 heteroatoms. The third kappa shape index (κ3) is 2.71. The van der Waals surface area contributed by atoms with Crippen LogP contribution in [-0.2, 0) is 6.42 Å². The van der Waals surface area contributed by atoms with Crippen LogP contribution in [-0.4, -0.2) is 32.3 Å². The van der Waals surface area contributed by atoms with Gasteiger partial charge in [0.15, 0.2) is 0 Å². The van der Waals surface area contributed by atoms with Crippen molar-refractivity contribution in [2.45, 2.75) is 32.7 Å². The van der Waals surface area contributed by atoms with E-state index in [1.807, 2.05) is 0 Å². The summed E-state index contributed by atoms with van der Waals surface area (Å²) in [4.78, 5) is 2.54. The molecule has 1 aromatic rings. The Morgan fingerprint density at radius 3 is 3.16 bits per heavy atom. The van der Waals surface area contributed by atoms with E-state index >= 15 is 0 Å². The fourth-order valence-electron chi connectivity index (χ4n) is 3.15. The van der Waals surface area contributed by atoms with Crippen LogP contribution in [0, 0.1) is 5.92 Å². The highest BCUT2D eigenvalue weighted by molar-refractivity contribution is 5.61. The van der Waals surface area contributed by atoms with Crippen LogP contribution in [0.25, 0.3) is 0 Å². The molecule has 1 aromatic carbocycles. The molecule has 3 rings (SSSR count). The van der Waals surface area contributed by atoms with Gasteiger partial charge in [-0.15, -0.1) is 0 Å². The molecule has 0 spiro atoms. The summed E-state index contributed by atoms with van der Waals surface area (Å²) in [5.41, 5.74) is 2.73. The molecule has 1 N–H and O–H groups in total. The fraction of sp³-hybridized carbons (Fsp3) is 0.625. The first kappa shape index (κ1) is 12.8. The van der Waals surface area contributed by atoms with Gasteiger partial charge in [0.25, 0.3) is 0 Å². The minimum atomic E-state index is 0.587. The smallest absolute Gasteiger partial charge is 0.142 e. The van der Waals surface area contributed by atoms with Gasteiger partial charge < -0.3 is 15.0 Å². The summed E-state index contributed by atoms with van der Waals surface area (Å²) in [6, 6.07) is 7.32. The van der Waals surface area contributed by atoms with E-state index in [0.29, 0.717) is 12.0 Å². The molecule has 104 valence electrons. The Hall–Kier alpha value is -1.22. The van der Waals surface area contributed by atoms with Crippen molar-refractivity contribution in [3.63, 3.8) is 0 Å². The lowest BCUT2D eigenvalue weighted by atomic mass is 10.0. The maximum absolute atomic E-state index is 5.93. The quantitative estimate of drug-likeness (QED) is 0.884. The lowest BCUT2D eigenvalue weighted by molar-refractivity contribution is 0.304. The average molecular weight is 260 g/mol. The number of piperazine rings is 1. The number of ether oxygens (including phenoxy) is 1. The summed E-state index contributed by atoms with van der Waals surface area (Å²) < 4.78 is 5.93. The Labute approximate surface area is 115 Å². The van der Waals surface area contributed by atoms with Gasteiger partial charge >= 0.3 is 0 Å². The van der Waals surface area contributed by atoms with Gasteiger partial charge in [0.05, 0.1) is 12.3 Å². The number of hydrogen-bond acceptors (Lipinski definition) is 3. The van der Waals surface area contributed by atoms with Crippen molar-refractivity contribution in [2.24, 2.45) is 5.92 Å². The molecule has 0 saturated carbocycles. The van der Waals surface area contributed by atoms with E-state index in [-0.39, 0.29) is 0 Å². The molecule has 0 aliphatic carbocycles. The fourth-order valence-corrected chi connectivity index (χ4v) is 3.15. The minimum absolute atomic E-state index is 0.587. The maximum atomic E-state index is 5.93. The van der Waals surface area contributed by atoms with Gasteiger partial charge in [-0.3, -0.25) is 0 Å². The van der Waals surface area contributed by atoms with Crippen molar-refractivity contribution < 1.29 is 4.74 Å². The van der Waals surface area contributed by atoms with E-state index in [9.17, 15) is 0 Å².